The van der Waals surface area contributed by atoms with Gasteiger partial charge in [-0.25, -0.2) is 4.98 Å². The summed E-state index contributed by atoms with van der Waals surface area (Å²) >= 11 is 3.28. The van der Waals surface area contributed by atoms with E-state index in [0.717, 1.165) is 10.2 Å². The summed E-state index contributed by atoms with van der Waals surface area (Å²) in [4.78, 5) is 6.70. The predicted molar refractivity (Wildman–Crippen MR) is 74.6 cm³/mol. The van der Waals surface area contributed by atoms with Crippen LogP contribution in [-0.2, 0) is 0 Å². The van der Waals surface area contributed by atoms with Gasteiger partial charge in [-0.15, -0.1) is 0 Å². The molecule has 1 heterocycles. The Bertz CT molecular complexity index is 647. The third-order valence-electron chi connectivity index (χ3n) is 2.36. The number of nitrogen functional groups attached to an aromatic ring is 1. The normalized spacial score (nSPS) is 10.8. The lowest BCUT2D eigenvalue weighted by molar-refractivity contribution is 1.42. The number of thiazole rings is 1. The smallest absolute Gasteiger partial charge is 0.181 e. The molecule has 2 N–H and O–H groups in total. The summed E-state index contributed by atoms with van der Waals surface area (Å²) in [6.07, 6.45) is 0. The van der Waals surface area contributed by atoms with Crippen molar-refractivity contribution < 1.29 is 0 Å². The zero-order valence-corrected chi connectivity index (χ0v) is 10.6. The van der Waals surface area contributed by atoms with Crippen LogP contribution in [0.5, 0.6) is 0 Å². The highest BCUT2D eigenvalue weighted by Gasteiger charge is 2.03. The lowest BCUT2D eigenvalue weighted by atomic mass is 10.3. The van der Waals surface area contributed by atoms with E-state index < -0.39 is 0 Å². The minimum atomic E-state index is 0.627. The Kier molecular flexibility index (Phi) is 2.74. The molecule has 0 atom stereocenters. The number of aromatic nitrogens is 1. The summed E-state index contributed by atoms with van der Waals surface area (Å²) < 4.78 is 1.14. The highest BCUT2D eigenvalue weighted by atomic mass is 32.2. The second kappa shape index (κ2) is 4.39. The molecule has 0 aliphatic rings. The molecule has 0 unspecified atom stereocenters. The minimum Gasteiger partial charge on any atom is -0.375 e. The van der Waals surface area contributed by atoms with Gasteiger partial charge in [0.25, 0.3) is 0 Å². The van der Waals surface area contributed by atoms with Crippen molar-refractivity contribution >= 4 is 38.4 Å². The minimum absolute atomic E-state index is 0.627. The molecule has 3 rings (SSSR count). The molecule has 17 heavy (non-hydrogen) atoms. The fourth-order valence-corrected chi connectivity index (χ4v) is 3.34. The van der Waals surface area contributed by atoms with Crippen LogP contribution in [0.25, 0.3) is 10.2 Å². The van der Waals surface area contributed by atoms with Crippen molar-refractivity contribution in [3.05, 3.63) is 48.5 Å². The van der Waals surface area contributed by atoms with Crippen molar-refractivity contribution in [2.24, 2.45) is 0 Å². The summed E-state index contributed by atoms with van der Waals surface area (Å²) in [7, 11) is 0. The van der Waals surface area contributed by atoms with Gasteiger partial charge in [-0.3, -0.25) is 0 Å². The summed E-state index contributed by atoms with van der Waals surface area (Å²) in [6, 6.07) is 16.6. The molecule has 0 fully saturated rings. The molecule has 1 aromatic heterocycles. The van der Waals surface area contributed by atoms with Crippen molar-refractivity contribution in [3.8, 4) is 0 Å². The largest absolute Gasteiger partial charge is 0.375 e. The molecule has 0 spiro atoms. The maximum absolute atomic E-state index is 5.69. The summed E-state index contributed by atoms with van der Waals surface area (Å²) in [5.41, 5.74) is 6.67. The van der Waals surface area contributed by atoms with Crippen molar-refractivity contribution in [3.63, 3.8) is 0 Å². The van der Waals surface area contributed by atoms with Crippen LogP contribution in [0.3, 0.4) is 0 Å². The van der Waals surface area contributed by atoms with E-state index in [1.165, 1.54) is 21.1 Å². The quantitative estimate of drug-likeness (QED) is 0.754. The molecule has 0 aliphatic carbocycles. The average molecular weight is 258 g/mol. The summed E-state index contributed by atoms with van der Waals surface area (Å²) in [6.45, 7) is 0. The van der Waals surface area contributed by atoms with Crippen molar-refractivity contribution in [2.45, 2.75) is 9.79 Å². The standard InChI is InChI=1S/C13H10N2S2/c14-13-15-11-7-6-10(8-12(11)17-13)16-9-4-2-1-3-5-9/h1-8H,(H2,14,15). The molecular weight excluding hydrogens is 248 g/mol. The Morgan fingerprint density at radius 1 is 1.00 bits per heavy atom. The number of anilines is 1. The van der Waals surface area contributed by atoms with Gasteiger partial charge in [0.05, 0.1) is 10.2 Å². The van der Waals surface area contributed by atoms with Crippen LogP contribution >= 0.6 is 23.1 Å². The molecule has 0 radical (unpaired) electrons. The average Bonchev–Trinajstić information content (AvgIpc) is 2.70. The molecule has 0 amide bonds. The molecule has 84 valence electrons. The first kappa shape index (κ1) is 10.6. The van der Waals surface area contributed by atoms with E-state index >= 15 is 0 Å². The maximum atomic E-state index is 5.69. The Balaban J connectivity index is 1.95. The number of nitrogens with zero attached hydrogens (tertiary/aromatic N) is 1. The van der Waals surface area contributed by atoms with Gasteiger partial charge < -0.3 is 5.73 Å². The van der Waals surface area contributed by atoms with Crippen LogP contribution in [0.15, 0.2) is 58.3 Å². The van der Waals surface area contributed by atoms with E-state index in [9.17, 15) is 0 Å². The molecule has 4 heteroatoms. The van der Waals surface area contributed by atoms with Crippen LogP contribution in [0.4, 0.5) is 5.13 Å². The van der Waals surface area contributed by atoms with Gasteiger partial charge in [0, 0.05) is 9.79 Å². The maximum Gasteiger partial charge on any atom is 0.181 e. The Hall–Kier alpha value is -1.52. The fourth-order valence-electron chi connectivity index (χ4n) is 1.61. The molecule has 0 saturated carbocycles. The van der Waals surface area contributed by atoms with E-state index in [1.807, 2.05) is 24.3 Å². The molecule has 2 aromatic carbocycles. The van der Waals surface area contributed by atoms with Gasteiger partial charge in [0.2, 0.25) is 0 Å². The van der Waals surface area contributed by atoms with Gasteiger partial charge in [-0.2, -0.15) is 0 Å². The third-order valence-corrected chi connectivity index (χ3v) is 4.20. The topological polar surface area (TPSA) is 38.9 Å². The van der Waals surface area contributed by atoms with E-state index in [0.29, 0.717) is 5.13 Å². The summed E-state index contributed by atoms with van der Waals surface area (Å²) in [5.74, 6) is 0. The fraction of sp³-hybridized carbons (Fsp3) is 0. The lowest BCUT2D eigenvalue weighted by Crippen LogP contribution is -1.78. The SMILES string of the molecule is Nc1nc2ccc(Sc3ccccc3)cc2s1. The third kappa shape index (κ3) is 2.28. The number of hydrogen-bond donors (Lipinski definition) is 1. The van der Waals surface area contributed by atoms with E-state index in [4.69, 9.17) is 5.73 Å². The van der Waals surface area contributed by atoms with Crippen molar-refractivity contribution in [1.82, 2.24) is 4.98 Å². The van der Waals surface area contributed by atoms with E-state index in [-0.39, 0.29) is 0 Å². The molecule has 0 bridgehead atoms. The first-order valence-electron chi connectivity index (χ1n) is 5.20. The van der Waals surface area contributed by atoms with Gasteiger partial charge >= 0.3 is 0 Å². The van der Waals surface area contributed by atoms with Gasteiger partial charge in [-0.05, 0) is 30.3 Å². The number of nitrogens with two attached hydrogens (primary N) is 1. The zero-order chi connectivity index (χ0) is 11.7. The second-order valence-electron chi connectivity index (χ2n) is 3.60. The van der Waals surface area contributed by atoms with Crippen LogP contribution in [0.1, 0.15) is 0 Å². The van der Waals surface area contributed by atoms with E-state index in [2.05, 4.69) is 29.2 Å². The number of rotatable bonds is 2. The van der Waals surface area contributed by atoms with Crippen LogP contribution in [-0.4, -0.2) is 4.98 Å². The van der Waals surface area contributed by atoms with Crippen LogP contribution < -0.4 is 5.73 Å². The Labute approximate surface area is 107 Å². The van der Waals surface area contributed by atoms with Crippen molar-refractivity contribution in [1.29, 1.82) is 0 Å². The number of hydrogen-bond acceptors (Lipinski definition) is 4. The molecule has 2 nitrogen and oxygen atoms in total. The predicted octanol–water partition coefficient (Wildman–Crippen LogP) is 4.03. The summed E-state index contributed by atoms with van der Waals surface area (Å²) in [5, 5.41) is 0.627. The first-order valence-corrected chi connectivity index (χ1v) is 6.83. The Morgan fingerprint density at radius 3 is 2.65 bits per heavy atom. The highest BCUT2D eigenvalue weighted by Crippen LogP contribution is 2.32. The first-order chi connectivity index (χ1) is 8.31. The van der Waals surface area contributed by atoms with E-state index in [1.54, 1.807) is 11.8 Å². The second-order valence-corrected chi connectivity index (χ2v) is 5.81. The molecular formula is C13H10N2S2. The Morgan fingerprint density at radius 2 is 1.82 bits per heavy atom. The molecule has 0 aliphatic heterocycles. The number of fused-ring (bicyclic) bond motifs is 1. The lowest BCUT2D eigenvalue weighted by Gasteiger charge is -2.00. The van der Waals surface area contributed by atoms with Gasteiger partial charge in [0.1, 0.15) is 0 Å². The van der Waals surface area contributed by atoms with Gasteiger partial charge in [-0.1, -0.05) is 41.3 Å². The highest BCUT2D eigenvalue weighted by molar-refractivity contribution is 7.99. The van der Waals surface area contributed by atoms with Crippen LogP contribution in [0, 0.1) is 0 Å². The van der Waals surface area contributed by atoms with Crippen LogP contribution in [0.2, 0.25) is 0 Å². The zero-order valence-electron chi connectivity index (χ0n) is 8.96. The number of benzene rings is 2. The monoisotopic (exact) mass is 258 g/mol. The van der Waals surface area contributed by atoms with Gasteiger partial charge in [0.15, 0.2) is 5.13 Å². The van der Waals surface area contributed by atoms with Crippen molar-refractivity contribution in [2.75, 3.05) is 5.73 Å². The molecule has 0 saturated heterocycles. The molecule has 3 aromatic rings.